The van der Waals surface area contributed by atoms with Crippen molar-refractivity contribution in [3.8, 4) is 5.75 Å². The van der Waals surface area contributed by atoms with Gasteiger partial charge in [-0.25, -0.2) is 4.79 Å². The average Bonchev–Trinajstić information content (AvgIpc) is 2.40. The number of carbonyl (C=O) groups is 1. The zero-order valence-corrected chi connectivity index (χ0v) is 12.5. The van der Waals surface area contributed by atoms with Gasteiger partial charge in [-0.3, -0.25) is 14.6 Å². The second kappa shape index (κ2) is 6.30. The summed E-state index contributed by atoms with van der Waals surface area (Å²) in [4.78, 5) is 38.8. The Hall–Kier alpha value is -2.83. The average molecular weight is 303 g/mol. The molecule has 7 heteroatoms. The molecular weight excluding hydrogens is 286 g/mol. The van der Waals surface area contributed by atoms with Crippen molar-refractivity contribution >= 4 is 11.6 Å². The van der Waals surface area contributed by atoms with Gasteiger partial charge in [0.1, 0.15) is 11.4 Å². The first-order chi connectivity index (χ1) is 10.3. The number of H-pyrrole nitrogens is 2. The number of aromatic amines is 2. The molecule has 0 bridgehead atoms. The largest absolute Gasteiger partial charge is 0.481 e. The molecule has 1 atom stereocenters. The molecule has 116 valence electrons. The minimum absolute atomic E-state index is 0.0412. The summed E-state index contributed by atoms with van der Waals surface area (Å²) in [6, 6.07) is 5.64. The van der Waals surface area contributed by atoms with E-state index >= 15 is 0 Å². The van der Waals surface area contributed by atoms with Crippen LogP contribution in [0, 0.1) is 13.8 Å². The van der Waals surface area contributed by atoms with E-state index in [0.717, 1.165) is 17.3 Å². The highest BCUT2D eigenvalue weighted by molar-refractivity contribution is 5.93. The Labute approximate surface area is 126 Å². The molecule has 0 radical (unpaired) electrons. The van der Waals surface area contributed by atoms with Crippen molar-refractivity contribution in [2.45, 2.75) is 26.9 Å². The fourth-order valence-electron chi connectivity index (χ4n) is 2.00. The number of nitrogens with one attached hydrogen (secondary N) is 3. The number of carbonyl (C=O) groups excluding carboxylic acids is 1. The molecule has 0 aliphatic heterocycles. The van der Waals surface area contributed by atoms with Crippen LogP contribution in [0.15, 0.2) is 34.0 Å². The molecule has 1 unspecified atom stereocenters. The van der Waals surface area contributed by atoms with Crippen molar-refractivity contribution in [2.75, 3.05) is 5.32 Å². The van der Waals surface area contributed by atoms with Crippen molar-refractivity contribution in [1.82, 2.24) is 9.97 Å². The number of rotatable bonds is 4. The summed E-state index contributed by atoms with van der Waals surface area (Å²) in [6.07, 6.45) is 0.343. The summed E-state index contributed by atoms with van der Waals surface area (Å²) < 4.78 is 5.58. The number of hydrogen-bond donors (Lipinski definition) is 3. The van der Waals surface area contributed by atoms with Crippen molar-refractivity contribution in [2.24, 2.45) is 0 Å². The Morgan fingerprint density at radius 1 is 1.18 bits per heavy atom. The number of aromatic nitrogens is 2. The van der Waals surface area contributed by atoms with Gasteiger partial charge in [-0.15, -0.1) is 0 Å². The van der Waals surface area contributed by atoms with Crippen LogP contribution in [0.2, 0.25) is 0 Å². The van der Waals surface area contributed by atoms with Gasteiger partial charge in [0.2, 0.25) is 0 Å². The van der Waals surface area contributed by atoms with Gasteiger partial charge in [0.15, 0.2) is 6.10 Å². The van der Waals surface area contributed by atoms with Crippen LogP contribution in [0.1, 0.15) is 18.1 Å². The first-order valence-electron chi connectivity index (χ1n) is 6.73. The zero-order valence-electron chi connectivity index (χ0n) is 12.5. The van der Waals surface area contributed by atoms with Crippen LogP contribution in [0.4, 0.5) is 5.69 Å². The Morgan fingerprint density at radius 3 is 2.41 bits per heavy atom. The minimum Gasteiger partial charge on any atom is -0.481 e. The van der Waals surface area contributed by atoms with Crippen LogP contribution in [-0.4, -0.2) is 22.0 Å². The SMILES string of the molecule is Cc1cc(C)cc(OC(C)C(=O)Nc2c[nH]c(=O)[nH]c2=O)c1. The third kappa shape index (κ3) is 3.85. The molecule has 0 saturated heterocycles. The first kappa shape index (κ1) is 15.6. The fourth-order valence-corrected chi connectivity index (χ4v) is 2.00. The molecule has 3 N–H and O–H groups in total. The van der Waals surface area contributed by atoms with E-state index in [4.69, 9.17) is 4.74 Å². The summed E-state index contributed by atoms with van der Waals surface area (Å²) in [5, 5.41) is 2.41. The van der Waals surface area contributed by atoms with E-state index in [9.17, 15) is 14.4 Å². The molecule has 0 fully saturated rings. The van der Waals surface area contributed by atoms with E-state index in [-0.39, 0.29) is 5.69 Å². The maximum atomic E-state index is 12.0. The van der Waals surface area contributed by atoms with Gasteiger partial charge < -0.3 is 15.0 Å². The number of anilines is 1. The highest BCUT2D eigenvalue weighted by Gasteiger charge is 2.16. The summed E-state index contributed by atoms with van der Waals surface area (Å²) >= 11 is 0. The molecular formula is C15H17N3O4. The van der Waals surface area contributed by atoms with Crippen LogP contribution < -0.4 is 21.3 Å². The van der Waals surface area contributed by atoms with E-state index in [2.05, 4.69) is 10.3 Å². The van der Waals surface area contributed by atoms with E-state index in [1.54, 1.807) is 6.92 Å². The lowest BCUT2D eigenvalue weighted by Crippen LogP contribution is -2.33. The van der Waals surface area contributed by atoms with E-state index < -0.39 is 23.3 Å². The van der Waals surface area contributed by atoms with E-state index in [1.807, 2.05) is 37.0 Å². The zero-order chi connectivity index (χ0) is 16.3. The highest BCUT2D eigenvalue weighted by atomic mass is 16.5. The molecule has 1 aromatic carbocycles. The van der Waals surface area contributed by atoms with Crippen molar-refractivity contribution < 1.29 is 9.53 Å². The van der Waals surface area contributed by atoms with Crippen molar-refractivity contribution in [1.29, 1.82) is 0 Å². The number of hydrogen-bond acceptors (Lipinski definition) is 4. The van der Waals surface area contributed by atoms with E-state index in [1.165, 1.54) is 0 Å². The summed E-state index contributed by atoms with van der Waals surface area (Å²) in [5.74, 6) is 0.0900. The molecule has 0 aliphatic carbocycles. The Bertz CT molecular complexity index is 787. The van der Waals surface area contributed by atoms with Crippen LogP contribution in [-0.2, 0) is 4.79 Å². The van der Waals surface area contributed by atoms with Gasteiger partial charge in [0, 0.05) is 6.20 Å². The van der Waals surface area contributed by atoms with Gasteiger partial charge in [-0.2, -0.15) is 0 Å². The molecule has 22 heavy (non-hydrogen) atoms. The monoisotopic (exact) mass is 303 g/mol. The van der Waals surface area contributed by atoms with E-state index in [0.29, 0.717) is 5.75 Å². The van der Waals surface area contributed by atoms with Crippen molar-refractivity contribution in [3.05, 3.63) is 56.4 Å². The Morgan fingerprint density at radius 2 is 1.82 bits per heavy atom. The number of amides is 1. The summed E-state index contributed by atoms with van der Waals surface area (Å²) in [7, 11) is 0. The summed E-state index contributed by atoms with van der Waals surface area (Å²) in [5.41, 5.74) is 0.707. The maximum absolute atomic E-state index is 12.0. The lowest BCUT2D eigenvalue weighted by atomic mass is 10.1. The predicted octanol–water partition coefficient (Wildman–Crippen LogP) is 1.09. The lowest BCUT2D eigenvalue weighted by molar-refractivity contribution is -0.122. The van der Waals surface area contributed by atoms with Gasteiger partial charge in [0.25, 0.3) is 11.5 Å². The van der Waals surface area contributed by atoms with Crippen LogP contribution in [0.25, 0.3) is 0 Å². The smallest absolute Gasteiger partial charge is 0.325 e. The van der Waals surface area contributed by atoms with Crippen LogP contribution in [0.5, 0.6) is 5.75 Å². The molecule has 0 aliphatic rings. The molecule has 0 spiro atoms. The summed E-state index contributed by atoms with van der Waals surface area (Å²) in [6.45, 7) is 5.45. The van der Waals surface area contributed by atoms with Gasteiger partial charge in [-0.05, 0) is 44.0 Å². The number of benzene rings is 1. The number of aryl methyl sites for hydroxylation is 2. The molecule has 2 rings (SSSR count). The standard InChI is InChI=1S/C15H17N3O4/c1-8-4-9(2)6-11(5-8)22-10(3)13(19)17-12-7-16-15(21)18-14(12)20/h4-7,10H,1-3H3,(H,17,19)(H2,16,18,20,21). The molecule has 1 aromatic heterocycles. The molecule has 1 heterocycles. The highest BCUT2D eigenvalue weighted by Crippen LogP contribution is 2.17. The topological polar surface area (TPSA) is 104 Å². The number of ether oxygens (including phenoxy) is 1. The third-order valence-corrected chi connectivity index (χ3v) is 2.95. The lowest BCUT2D eigenvalue weighted by Gasteiger charge is -2.15. The van der Waals surface area contributed by atoms with Crippen LogP contribution >= 0.6 is 0 Å². The van der Waals surface area contributed by atoms with Gasteiger partial charge >= 0.3 is 5.69 Å². The molecule has 0 saturated carbocycles. The van der Waals surface area contributed by atoms with Gasteiger partial charge in [-0.1, -0.05) is 6.07 Å². The molecule has 1 amide bonds. The second-order valence-corrected chi connectivity index (χ2v) is 5.06. The van der Waals surface area contributed by atoms with Gasteiger partial charge in [0.05, 0.1) is 0 Å². The maximum Gasteiger partial charge on any atom is 0.325 e. The molecule has 2 aromatic rings. The molecule has 7 nitrogen and oxygen atoms in total. The quantitative estimate of drug-likeness (QED) is 0.786. The van der Waals surface area contributed by atoms with Crippen LogP contribution in [0.3, 0.4) is 0 Å². The van der Waals surface area contributed by atoms with Crippen molar-refractivity contribution in [3.63, 3.8) is 0 Å². The Kier molecular flexibility index (Phi) is 4.45. The normalized spacial score (nSPS) is 11.8. The predicted molar refractivity (Wildman–Crippen MR) is 82.3 cm³/mol. The second-order valence-electron chi connectivity index (χ2n) is 5.06. The Balaban J connectivity index is 2.09. The first-order valence-corrected chi connectivity index (χ1v) is 6.73. The third-order valence-electron chi connectivity index (χ3n) is 2.95. The fraction of sp³-hybridized carbons (Fsp3) is 0.267. The minimum atomic E-state index is -0.799.